The first-order valence-electron chi connectivity index (χ1n) is 11.9. The molecule has 1 atom stereocenters. The first-order valence-corrected chi connectivity index (χ1v) is 12.2. The van der Waals surface area contributed by atoms with Gasteiger partial charge in [0.05, 0.1) is 5.69 Å². The number of amides is 2. The Labute approximate surface area is 231 Å². The highest BCUT2D eigenvalue weighted by molar-refractivity contribution is 6.30. The minimum absolute atomic E-state index is 0.0764. The molecule has 3 aromatic carbocycles. The maximum absolute atomic E-state index is 14.4. The third kappa shape index (κ3) is 6.39. The molecule has 2 heterocycles. The third-order valence-corrected chi connectivity index (χ3v) is 6.02. The molecule has 14 heteroatoms. The highest BCUT2D eigenvalue weighted by Crippen LogP contribution is 2.21. The van der Waals surface area contributed by atoms with Gasteiger partial charge < -0.3 is 10.6 Å². The molecule has 0 saturated carbocycles. The van der Waals surface area contributed by atoms with Crippen molar-refractivity contribution in [3.05, 3.63) is 101 Å². The van der Waals surface area contributed by atoms with Crippen molar-refractivity contribution in [1.82, 2.24) is 46.1 Å². The van der Waals surface area contributed by atoms with Crippen molar-refractivity contribution in [2.24, 2.45) is 0 Å². The monoisotopic (exact) mass is 558 g/mol. The lowest BCUT2D eigenvalue weighted by molar-refractivity contribution is -0.123. The number of anilines is 1. The van der Waals surface area contributed by atoms with Crippen LogP contribution in [-0.4, -0.2) is 58.7 Å². The number of aromatic amines is 1. The summed E-state index contributed by atoms with van der Waals surface area (Å²) >= 11 is 6.15. The molecule has 5 rings (SSSR count). The average molecular weight is 559 g/mol. The van der Waals surface area contributed by atoms with Gasteiger partial charge in [-0.2, -0.15) is 4.68 Å². The van der Waals surface area contributed by atoms with Gasteiger partial charge in [0.25, 0.3) is 0 Å². The van der Waals surface area contributed by atoms with Crippen molar-refractivity contribution in [3.63, 3.8) is 0 Å². The number of H-pyrrole nitrogens is 1. The van der Waals surface area contributed by atoms with Crippen molar-refractivity contribution < 1.29 is 14.0 Å². The van der Waals surface area contributed by atoms with Gasteiger partial charge in [-0.1, -0.05) is 29.8 Å². The van der Waals surface area contributed by atoms with Gasteiger partial charge in [-0.15, -0.1) is 10.2 Å². The number of aromatic nitrogens is 8. The Morgan fingerprint density at radius 1 is 1.07 bits per heavy atom. The number of nitrogens with one attached hydrogen (secondary N) is 3. The summed E-state index contributed by atoms with van der Waals surface area (Å²) in [6.45, 7) is 0. The molecule has 3 N–H and O–H groups in total. The van der Waals surface area contributed by atoms with Gasteiger partial charge in [-0.25, -0.2) is 9.49 Å². The van der Waals surface area contributed by atoms with Crippen LogP contribution in [0.5, 0.6) is 0 Å². The van der Waals surface area contributed by atoms with E-state index in [9.17, 15) is 14.0 Å². The van der Waals surface area contributed by atoms with Crippen molar-refractivity contribution in [3.8, 4) is 17.1 Å². The van der Waals surface area contributed by atoms with Gasteiger partial charge in [0, 0.05) is 34.3 Å². The molecule has 2 aromatic heterocycles. The summed E-state index contributed by atoms with van der Waals surface area (Å²) in [5.41, 5.74) is 2.60. The predicted molar refractivity (Wildman–Crippen MR) is 143 cm³/mol. The zero-order valence-corrected chi connectivity index (χ0v) is 21.3. The fraction of sp³-hybridized carbons (Fsp3) is 0.0769. The number of carbonyl (C=O) groups excluding carboxylic acids is 2. The summed E-state index contributed by atoms with van der Waals surface area (Å²) in [4.78, 5) is 26.2. The number of carbonyl (C=O) groups is 2. The van der Waals surface area contributed by atoms with Crippen molar-refractivity contribution in [2.45, 2.75) is 12.5 Å². The van der Waals surface area contributed by atoms with E-state index < -0.39 is 23.7 Å². The fourth-order valence-electron chi connectivity index (χ4n) is 3.84. The van der Waals surface area contributed by atoms with E-state index in [4.69, 9.17) is 11.6 Å². The molecule has 0 aliphatic carbocycles. The molecule has 0 saturated heterocycles. The minimum Gasteiger partial charge on any atom is -0.340 e. The lowest BCUT2D eigenvalue weighted by atomic mass is 10.0. The first-order chi connectivity index (χ1) is 19.5. The van der Waals surface area contributed by atoms with Gasteiger partial charge >= 0.3 is 0 Å². The van der Waals surface area contributed by atoms with Crippen LogP contribution in [0.15, 0.2) is 79.1 Å². The number of rotatable bonds is 9. The van der Waals surface area contributed by atoms with E-state index in [1.165, 1.54) is 29.2 Å². The molecule has 0 aliphatic heterocycles. The molecule has 0 fully saturated rings. The molecule has 0 bridgehead atoms. The second-order valence-corrected chi connectivity index (χ2v) is 8.90. The van der Waals surface area contributed by atoms with E-state index in [-0.39, 0.29) is 12.0 Å². The van der Waals surface area contributed by atoms with E-state index in [1.807, 2.05) is 0 Å². The summed E-state index contributed by atoms with van der Waals surface area (Å²) in [7, 11) is 0. The number of hydrogen-bond donors (Lipinski definition) is 3. The molecule has 40 heavy (non-hydrogen) atoms. The molecule has 0 spiro atoms. The average Bonchev–Trinajstić information content (AvgIpc) is 3.68. The normalized spacial score (nSPS) is 11.8. The van der Waals surface area contributed by atoms with E-state index >= 15 is 0 Å². The fourth-order valence-corrected chi connectivity index (χ4v) is 4.02. The topological polar surface area (TPSA) is 156 Å². The number of halogens is 2. The molecule has 200 valence electrons. The lowest BCUT2D eigenvalue weighted by Crippen LogP contribution is -2.44. The molecule has 12 nitrogen and oxygen atoms in total. The Morgan fingerprint density at radius 3 is 2.62 bits per heavy atom. The van der Waals surface area contributed by atoms with E-state index in [2.05, 4.69) is 46.8 Å². The van der Waals surface area contributed by atoms with Crippen LogP contribution in [-0.2, 0) is 16.0 Å². The van der Waals surface area contributed by atoms with Crippen molar-refractivity contribution in [1.29, 1.82) is 0 Å². The Balaban J connectivity index is 1.34. The van der Waals surface area contributed by atoms with Crippen LogP contribution in [0, 0.1) is 5.82 Å². The summed E-state index contributed by atoms with van der Waals surface area (Å²) in [5.74, 6) is -1.12. The number of hydrogen-bond acceptors (Lipinski definition) is 8. The van der Waals surface area contributed by atoms with E-state index in [0.717, 1.165) is 0 Å². The van der Waals surface area contributed by atoms with Crippen LogP contribution in [0.1, 0.15) is 11.1 Å². The molecule has 2 amide bonds. The number of nitrogens with zero attached hydrogens (tertiary/aromatic N) is 7. The van der Waals surface area contributed by atoms with Gasteiger partial charge in [-0.3, -0.25) is 9.59 Å². The van der Waals surface area contributed by atoms with Crippen LogP contribution in [0.4, 0.5) is 10.1 Å². The van der Waals surface area contributed by atoms with Crippen LogP contribution in [0.2, 0.25) is 5.02 Å². The van der Waals surface area contributed by atoms with Crippen LogP contribution in [0.25, 0.3) is 23.2 Å². The molecule has 0 radical (unpaired) electrons. The highest BCUT2D eigenvalue weighted by atomic mass is 35.5. The zero-order valence-electron chi connectivity index (χ0n) is 20.6. The summed E-state index contributed by atoms with van der Waals surface area (Å²) in [5, 5.41) is 30.6. The van der Waals surface area contributed by atoms with Gasteiger partial charge in [-0.05, 0) is 81.0 Å². The smallest absolute Gasteiger partial charge is 0.247 e. The SMILES string of the molecule is O=C(/C=C/c1cc(Cl)ccc1-n1cnnn1)N[C@@H](Cc1ccccc1F)C(=O)Nc1ccc(-c2nnn[nH]2)cc1. The van der Waals surface area contributed by atoms with Crippen molar-refractivity contribution >= 4 is 35.2 Å². The molecule has 5 aromatic rings. The molecular weight excluding hydrogens is 539 g/mol. The number of benzene rings is 3. The third-order valence-electron chi connectivity index (χ3n) is 5.79. The molecular formula is C26H20ClFN10O2. The molecule has 0 aliphatic rings. The second kappa shape index (κ2) is 12.0. The quantitative estimate of drug-likeness (QED) is 0.233. The van der Waals surface area contributed by atoms with Gasteiger partial charge in [0.1, 0.15) is 18.2 Å². The minimum atomic E-state index is -1.09. The summed E-state index contributed by atoms with van der Waals surface area (Å²) in [6.07, 6.45) is 4.10. The first kappa shape index (κ1) is 26.3. The van der Waals surface area contributed by atoms with E-state index in [0.29, 0.717) is 33.3 Å². The summed E-state index contributed by atoms with van der Waals surface area (Å²) < 4.78 is 15.9. The van der Waals surface area contributed by atoms with Gasteiger partial charge in [0.2, 0.25) is 11.8 Å². The lowest BCUT2D eigenvalue weighted by Gasteiger charge is -2.18. The van der Waals surface area contributed by atoms with E-state index in [1.54, 1.807) is 60.7 Å². The second-order valence-electron chi connectivity index (χ2n) is 8.46. The van der Waals surface area contributed by atoms with Gasteiger partial charge in [0.15, 0.2) is 5.82 Å². The van der Waals surface area contributed by atoms with Crippen LogP contribution < -0.4 is 10.6 Å². The Hall–Kier alpha value is -5.30. The largest absolute Gasteiger partial charge is 0.340 e. The van der Waals surface area contributed by atoms with Crippen molar-refractivity contribution in [2.75, 3.05) is 5.32 Å². The predicted octanol–water partition coefficient (Wildman–Crippen LogP) is 3.01. The Kier molecular flexibility index (Phi) is 7.92. The standard InChI is InChI=1S/C26H20ClFN10O2/c27-19-8-11-23(38-15-29-34-37-38)18(13-19)7-12-24(39)31-22(14-17-3-1-2-4-21(17)28)26(40)30-20-9-5-16(6-10-20)25-32-35-36-33-25/h1-13,15,22H,14H2,(H,30,40)(H,31,39)(H,32,33,35,36)/b12-7+/t22-/m0/s1. The number of tetrazole rings is 2. The zero-order chi connectivity index (χ0) is 27.9. The Morgan fingerprint density at radius 2 is 1.90 bits per heavy atom. The Bertz CT molecular complexity index is 1640. The van der Waals surface area contributed by atoms with Crippen LogP contribution in [0.3, 0.4) is 0 Å². The summed E-state index contributed by atoms with van der Waals surface area (Å²) in [6, 6.07) is 16.8. The molecule has 0 unspecified atom stereocenters. The maximum Gasteiger partial charge on any atom is 0.247 e. The van der Waals surface area contributed by atoms with Crippen LogP contribution >= 0.6 is 11.6 Å². The maximum atomic E-state index is 14.4. The highest BCUT2D eigenvalue weighted by Gasteiger charge is 2.22.